The molecule has 2 amide bonds. The zero-order valence-corrected chi connectivity index (χ0v) is 16.8. The number of hydrogen-bond donors (Lipinski definition) is 2. The Hall–Kier alpha value is -2.76. The van der Waals surface area contributed by atoms with Gasteiger partial charge in [-0.25, -0.2) is 13.6 Å². The maximum Gasteiger partial charge on any atom is 0.292 e. The van der Waals surface area contributed by atoms with Gasteiger partial charge in [0, 0.05) is 50.9 Å². The molecule has 0 unspecified atom stereocenters. The lowest BCUT2D eigenvalue weighted by Gasteiger charge is -2.34. The molecule has 1 aromatic heterocycles. The van der Waals surface area contributed by atoms with Gasteiger partial charge in [0.2, 0.25) is 21.7 Å². The number of rotatable bonds is 6. The van der Waals surface area contributed by atoms with Crippen LogP contribution in [-0.2, 0) is 14.8 Å². The second-order valence-corrected chi connectivity index (χ2v) is 8.40. The van der Waals surface area contributed by atoms with Crippen LogP contribution in [0.4, 0.5) is 5.69 Å². The summed E-state index contributed by atoms with van der Waals surface area (Å²) in [6.45, 7) is 4.75. The number of carbonyl (C=O) groups is 2. The minimum atomic E-state index is -3.76. The van der Waals surface area contributed by atoms with Crippen LogP contribution in [0.25, 0.3) is 0 Å². The van der Waals surface area contributed by atoms with Crippen LogP contribution in [0.5, 0.6) is 0 Å². The summed E-state index contributed by atoms with van der Waals surface area (Å²) in [6, 6.07) is 7.30. The molecule has 1 aliphatic heterocycles. The highest BCUT2D eigenvalue weighted by Gasteiger charge is 2.24. The smallest absolute Gasteiger partial charge is 0.292 e. The highest BCUT2D eigenvalue weighted by atomic mass is 32.2. The number of nitrogens with one attached hydrogen (secondary N) is 1. The molecular formula is C18H23N5O5S. The minimum absolute atomic E-state index is 0.0107. The molecule has 1 aliphatic rings. The van der Waals surface area contributed by atoms with Crippen LogP contribution in [0.15, 0.2) is 39.8 Å². The van der Waals surface area contributed by atoms with E-state index >= 15 is 0 Å². The van der Waals surface area contributed by atoms with Gasteiger partial charge in [-0.2, -0.15) is 0 Å². The number of carbonyl (C=O) groups excluding carboxylic acids is 2. The van der Waals surface area contributed by atoms with Crippen LogP contribution < -0.4 is 10.5 Å². The summed E-state index contributed by atoms with van der Waals surface area (Å²) in [5.41, 5.74) is 1.16. The molecule has 10 nitrogen and oxygen atoms in total. The zero-order valence-electron chi connectivity index (χ0n) is 16.0. The molecular weight excluding hydrogens is 398 g/mol. The van der Waals surface area contributed by atoms with E-state index in [9.17, 15) is 18.0 Å². The molecule has 0 radical (unpaired) electrons. The van der Waals surface area contributed by atoms with Crippen LogP contribution in [0.1, 0.15) is 22.7 Å². The fraction of sp³-hybridized carbons (Fsp3) is 0.389. The Morgan fingerprint density at radius 2 is 1.83 bits per heavy atom. The molecule has 1 fully saturated rings. The molecule has 0 spiro atoms. The van der Waals surface area contributed by atoms with Crippen molar-refractivity contribution >= 4 is 27.5 Å². The lowest BCUT2D eigenvalue weighted by Crippen LogP contribution is -2.49. The molecule has 0 atom stereocenters. The molecule has 1 saturated heterocycles. The number of amides is 2. The van der Waals surface area contributed by atoms with Crippen LogP contribution in [-0.4, -0.2) is 67.9 Å². The van der Waals surface area contributed by atoms with Crippen molar-refractivity contribution in [1.29, 1.82) is 0 Å². The Morgan fingerprint density at radius 1 is 1.17 bits per heavy atom. The number of nitrogens with zero attached hydrogens (tertiary/aromatic N) is 3. The van der Waals surface area contributed by atoms with Crippen LogP contribution >= 0.6 is 0 Å². The predicted molar refractivity (Wildman–Crippen MR) is 105 cm³/mol. The van der Waals surface area contributed by atoms with E-state index in [4.69, 9.17) is 9.66 Å². The van der Waals surface area contributed by atoms with E-state index in [1.165, 1.54) is 24.3 Å². The number of aromatic nitrogens is 1. The number of aryl methyl sites for hydroxylation is 1. The molecule has 0 aliphatic carbocycles. The van der Waals surface area contributed by atoms with Crippen molar-refractivity contribution in [2.75, 3.05) is 38.0 Å². The first-order valence-electron chi connectivity index (χ1n) is 9.10. The first-order chi connectivity index (χ1) is 13.7. The van der Waals surface area contributed by atoms with Gasteiger partial charge in [-0.3, -0.25) is 14.5 Å². The Kier molecular flexibility index (Phi) is 6.30. The number of sulfonamides is 1. The Balaban J connectivity index is 1.42. The van der Waals surface area contributed by atoms with E-state index in [-0.39, 0.29) is 28.9 Å². The highest BCUT2D eigenvalue weighted by Crippen LogP contribution is 2.14. The maximum atomic E-state index is 12.3. The van der Waals surface area contributed by atoms with E-state index in [2.05, 4.69) is 15.4 Å². The normalized spacial score (nSPS) is 15.3. The average Bonchev–Trinajstić information content (AvgIpc) is 3.12. The van der Waals surface area contributed by atoms with Gasteiger partial charge < -0.3 is 14.7 Å². The number of nitrogens with two attached hydrogens (primary N) is 1. The van der Waals surface area contributed by atoms with Crippen molar-refractivity contribution in [3.05, 3.63) is 41.8 Å². The molecule has 2 heterocycles. The minimum Gasteiger partial charge on any atom is -0.351 e. The molecule has 2 aromatic rings. The van der Waals surface area contributed by atoms with Crippen LogP contribution in [0, 0.1) is 6.92 Å². The van der Waals surface area contributed by atoms with Crippen molar-refractivity contribution < 1.29 is 22.5 Å². The van der Waals surface area contributed by atoms with Gasteiger partial charge in [-0.05, 0) is 31.2 Å². The van der Waals surface area contributed by atoms with Gasteiger partial charge >= 0.3 is 0 Å². The molecule has 0 saturated carbocycles. The summed E-state index contributed by atoms with van der Waals surface area (Å²) in [7, 11) is -3.76. The second-order valence-electron chi connectivity index (χ2n) is 6.83. The third-order valence-electron chi connectivity index (χ3n) is 4.62. The number of hydrogen-bond acceptors (Lipinski definition) is 7. The van der Waals surface area contributed by atoms with Gasteiger partial charge in [0.05, 0.1) is 10.6 Å². The van der Waals surface area contributed by atoms with Gasteiger partial charge in [0.15, 0.2) is 0 Å². The van der Waals surface area contributed by atoms with Crippen molar-refractivity contribution in [3.8, 4) is 0 Å². The third kappa shape index (κ3) is 5.62. The fourth-order valence-electron chi connectivity index (χ4n) is 3.01. The molecule has 156 valence electrons. The van der Waals surface area contributed by atoms with E-state index < -0.39 is 10.0 Å². The summed E-state index contributed by atoms with van der Waals surface area (Å²) >= 11 is 0. The van der Waals surface area contributed by atoms with Crippen molar-refractivity contribution in [1.82, 2.24) is 15.0 Å². The fourth-order valence-corrected chi connectivity index (χ4v) is 3.52. The van der Waals surface area contributed by atoms with Crippen molar-refractivity contribution in [2.45, 2.75) is 18.2 Å². The first-order valence-corrected chi connectivity index (χ1v) is 10.6. The molecule has 3 N–H and O–H groups in total. The summed E-state index contributed by atoms with van der Waals surface area (Å²) < 4.78 is 27.5. The van der Waals surface area contributed by atoms with E-state index in [1.54, 1.807) is 17.9 Å². The molecule has 3 rings (SSSR count). The van der Waals surface area contributed by atoms with E-state index in [1.807, 2.05) is 0 Å². The Morgan fingerprint density at radius 3 is 2.38 bits per heavy atom. The largest absolute Gasteiger partial charge is 0.351 e. The number of primary sulfonamides is 1. The predicted octanol–water partition coefficient (Wildman–Crippen LogP) is 0.417. The lowest BCUT2D eigenvalue weighted by atomic mass is 10.2. The van der Waals surface area contributed by atoms with E-state index in [0.717, 1.165) is 0 Å². The maximum absolute atomic E-state index is 12.3. The number of anilines is 1. The van der Waals surface area contributed by atoms with Crippen molar-refractivity contribution in [2.24, 2.45) is 5.14 Å². The second kappa shape index (κ2) is 8.72. The standard InChI is InChI=1S/C18H23N5O5S/c1-13-12-16(28-21-13)18(25)23-10-8-22(9-11-23)7-6-17(24)20-14-2-4-15(5-3-14)29(19,26)27/h2-5,12H,6-11H2,1H3,(H,20,24)(H2,19,26,27). The van der Waals surface area contributed by atoms with Gasteiger partial charge in [-0.15, -0.1) is 0 Å². The Bertz CT molecular complexity index is 978. The molecule has 11 heteroatoms. The average molecular weight is 421 g/mol. The van der Waals surface area contributed by atoms with Gasteiger partial charge in [0.25, 0.3) is 5.91 Å². The molecule has 1 aromatic carbocycles. The molecule has 29 heavy (non-hydrogen) atoms. The van der Waals surface area contributed by atoms with Crippen LogP contribution in [0.2, 0.25) is 0 Å². The molecule has 0 bridgehead atoms. The van der Waals surface area contributed by atoms with E-state index in [0.29, 0.717) is 44.1 Å². The number of piperazine rings is 1. The number of benzene rings is 1. The third-order valence-corrected chi connectivity index (χ3v) is 5.55. The Labute approximate surface area is 168 Å². The summed E-state index contributed by atoms with van der Waals surface area (Å²) in [6.07, 6.45) is 0.284. The summed E-state index contributed by atoms with van der Waals surface area (Å²) in [5.74, 6) is -0.112. The highest BCUT2D eigenvalue weighted by molar-refractivity contribution is 7.89. The summed E-state index contributed by atoms with van der Waals surface area (Å²) in [5, 5.41) is 11.5. The van der Waals surface area contributed by atoms with Crippen LogP contribution in [0.3, 0.4) is 0 Å². The van der Waals surface area contributed by atoms with Crippen molar-refractivity contribution in [3.63, 3.8) is 0 Å². The topological polar surface area (TPSA) is 139 Å². The van der Waals surface area contributed by atoms with Gasteiger partial charge in [-0.1, -0.05) is 5.16 Å². The quantitative estimate of drug-likeness (QED) is 0.689. The van der Waals surface area contributed by atoms with Gasteiger partial charge in [0.1, 0.15) is 0 Å². The SMILES string of the molecule is Cc1cc(C(=O)N2CCN(CCC(=O)Nc3ccc(S(N)(=O)=O)cc3)CC2)on1. The monoisotopic (exact) mass is 421 g/mol. The zero-order chi connectivity index (χ0) is 21.0. The lowest BCUT2D eigenvalue weighted by molar-refractivity contribution is -0.116. The summed E-state index contributed by atoms with van der Waals surface area (Å²) in [4.78, 5) is 28.3. The first kappa shape index (κ1) is 21.0.